The number of carbonyl (C=O) groups excluding carboxylic acids is 2. The number of hydroxylamine groups is 1. The molecular weight excluding hydrogens is 416 g/mol. The highest BCUT2D eigenvalue weighted by molar-refractivity contribution is 5.80. The van der Waals surface area contributed by atoms with Crippen LogP contribution in [-0.2, 0) is 19.1 Å². The molecule has 2 aromatic carbocycles. The van der Waals surface area contributed by atoms with Crippen molar-refractivity contribution in [2.45, 2.75) is 38.3 Å². The summed E-state index contributed by atoms with van der Waals surface area (Å²) in [5, 5.41) is 11.4. The van der Waals surface area contributed by atoms with Gasteiger partial charge in [0, 0.05) is 5.92 Å². The van der Waals surface area contributed by atoms with Gasteiger partial charge in [0.2, 0.25) is 0 Å². The van der Waals surface area contributed by atoms with E-state index in [0.717, 1.165) is 22.3 Å². The smallest absolute Gasteiger partial charge is 0.431 e. The monoisotopic (exact) mass is 442 g/mol. The highest BCUT2D eigenvalue weighted by atomic mass is 16.7. The van der Waals surface area contributed by atoms with Gasteiger partial charge in [0.1, 0.15) is 18.8 Å². The predicted octanol–water partition coefficient (Wildman–Crippen LogP) is 3.43. The minimum absolute atomic E-state index is 0.0851. The van der Waals surface area contributed by atoms with Crippen LogP contribution in [0.2, 0.25) is 0 Å². The van der Waals surface area contributed by atoms with Crippen molar-refractivity contribution in [2.24, 2.45) is 0 Å². The molecule has 0 spiro atoms. The summed E-state index contributed by atoms with van der Waals surface area (Å²) < 4.78 is 10.3. The number of amides is 2. The fourth-order valence-electron chi connectivity index (χ4n) is 3.44. The number of nitrogens with one attached hydrogen (secondary N) is 2. The third-order valence-corrected chi connectivity index (χ3v) is 4.74. The quantitative estimate of drug-likeness (QED) is 0.561. The van der Waals surface area contributed by atoms with Gasteiger partial charge in [-0.15, -0.1) is 0 Å². The molecule has 0 fully saturated rings. The second kappa shape index (κ2) is 9.69. The number of rotatable bonds is 7. The first-order valence-electron chi connectivity index (χ1n) is 10.1. The van der Waals surface area contributed by atoms with E-state index in [9.17, 15) is 19.5 Å². The average Bonchev–Trinajstić information content (AvgIpc) is 3.04. The normalized spacial score (nSPS) is 13.5. The molecule has 0 radical (unpaired) electrons. The van der Waals surface area contributed by atoms with Crippen LogP contribution in [0.1, 0.15) is 37.8 Å². The third-order valence-electron chi connectivity index (χ3n) is 4.74. The lowest BCUT2D eigenvalue weighted by Crippen LogP contribution is -2.47. The molecular formula is C23H26N2O7. The Balaban J connectivity index is 1.50. The summed E-state index contributed by atoms with van der Waals surface area (Å²) in [5.41, 5.74) is 5.60. The van der Waals surface area contributed by atoms with Crippen molar-refractivity contribution in [1.82, 2.24) is 10.8 Å². The third kappa shape index (κ3) is 5.76. The number of aliphatic carboxylic acids is 1. The van der Waals surface area contributed by atoms with Crippen molar-refractivity contribution in [1.29, 1.82) is 0 Å². The minimum Gasteiger partial charge on any atom is -0.480 e. The van der Waals surface area contributed by atoms with E-state index >= 15 is 0 Å². The molecule has 170 valence electrons. The molecule has 0 heterocycles. The first-order valence-corrected chi connectivity index (χ1v) is 10.1. The van der Waals surface area contributed by atoms with Crippen LogP contribution in [0, 0.1) is 0 Å². The molecule has 0 bridgehead atoms. The summed E-state index contributed by atoms with van der Waals surface area (Å²) in [5.74, 6) is -1.46. The largest absolute Gasteiger partial charge is 0.480 e. The van der Waals surface area contributed by atoms with E-state index in [1.807, 2.05) is 54.0 Å². The molecule has 2 aromatic rings. The van der Waals surface area contributed by atoms with Crippen molar-refractivity contribution in [3.63, 3.8) is 0 Å². The van der Waals surface area contributed by atoms with Crippen LogP contribution in [0.25, 0.3) is 11.1 Å². The fourth-order valence-corrected chi connectivity index (χ4v) is 3.44. The molecule has 1 atom stereocenters. The van der Waals surface area contributed by atoms with Crippen LogP contribution in [0.4, 0.5) is 9.59 Å². The highest BCUT2D eigenvalue weighted by Crippen LogP contribution is 2.44. The van der Waals surface area contributed by atoms with E-state index in [2.05, 4.69) is 5.32 Å². The van der Waals surface area contributed by atoms with Gasteiger partial charge in [-0.2, -0.15) is 5.48 Å². The second-order valence-electron chi connectivity index (χ2n) is 8.28. The summed E-state index contributed by atoms with van der Waals surface area (Å²) >= 11 is 0. The van der Waals surface area contributed by atoms with E-state index in [-0.39, 0.29) is 12.5 Å². The second-order valence-corrected chi connectivity index (χ2v) is 8.28. The molecule has 0 aromatic heterocycles. The van der Waals surface area contributed by atoms with Crippen molar-refractivity contribution in [3.05, 3.63) is 59.7 Å². The maximum Gasteiger partial charge on any atom is 0.431 e. The van der Waals surface area contributed by atoms with E-state index < -0.39 is 36.4 Å². The lowest BCUT2D eigenvalue weighted by Gasteiger charge is -2.21. The van der Waals surface area contributed by atoms with Gasteiger partial charge in [0.15, 0.2) is 6.04 Å². The van der Waals surface area contributed by atoms with Gasteiger partial charge in [-0.05, 0) is 43.0 Å². The molecule has 0 aliphatic heterocycles. The van der Waals surface area contributed by atoms with Crippen LogP contribution >= 0.6 is 0 Å². The number of benzene rings is 2. The summed E-state index contributed by atoms with van der Waals surface area (Å²) in [6.07, 6.45) is -1.78. The first kappa shape index (κ1) is 23.1. The Labute approximate surface area is 185 Å². The number of carbonyl (C=O) groups is 3. The van der Waals surface area contributed by atoms with Crippen LogP contribution in [0.3, 0.4) is 0 Å². The fraction of sp³-hybridized carbons (Fsp3) is 0.348. The van der Waals surface area contributed by atoms with Crippen LogP contribution < -0.4 is 10.8 Å². The highest BCUT2D eigenvalue weighted by Gasteiger charge is 2.29. The Kier molecular flexibility index (Phi) is 6.99. The molecule has 3 N–H and O–H groups in total. The van der Waals surface area contributed by atoms with Crippen LogP contribution in [-0.4, -0.2) is 48.1 Å². The Morgan fingerprint density at radius 1 is 0.969 bits per heavy atom. The summed E-state index contributed by atoms with van der Waals surface area (Å²) in [4.78, 5) is 40.1. The number of hydrogen-bond donors (Lipinski definition) is 3. The standard InChI is InChI=1S/C23H26N2O7/c1-23(2,3)32-21(28)24-19(20(26)27)13-31-25-22(29)30-12-18-16-10-6-4-8-14(16)15-9-5-7-11-17(15)18/h4-11,18-19H,12-13H2,1-3H3,(H,24,28)(H,25,29)(H,26,27)/t19-/m0/s1. The minimum atomic E-state index is -1.42. The van der Waals surface area contributed by atoms with Gasteiger partial charge < -0.3 is 19.9 Å². The maximum atomic E-state index is 12.1. The van der Waals surface area contributed by atoms with Crippen molar-refractivity contribution >= 4 is 18.2 Å². The molecule has 1 aliphatic rings. The van der Waals surface area contributed by atoms with Gasteiger partial charge in [-0.1, -0.05) is 48.5 Å². The summed E-state index contributed by atoms with van der Waals surface area (Å²) in [7, 11) is 0. The number of carboxylic acid groups (broad SMARTS) is 1. The molecule has 0 unspecified atom stereocenters. The van der Waals surface area contributed by atoms with E-state index in [1.165, 1.54) is 0 Å². The number of carboxylic acids is 1. The topological polar surface area (TPSA) is 123 Å². The zero-order chi connectivity index (χ0) is 23.3. The van der Waals surface area contributed by atoms with Crippen molar-refractivity contribution in [3.8, 4) is 11.1 Å². The van der Waals surface area contributed by atoms with E-state index in [1.54, 1.807) is 20.8 Å². The van der Waals surface area contributed by atoms with Gasteiger partial charge in [0.25, 0.3) is 0 Å². The molecule has 3 rings (SSSR count). The zero-order valence-electron chi connectivity index (χ0n) is 18.1. The molecule has 1 aliphatic carbocycles. The van der Waals surface area contributed by atoms with Crippen molar-refractivity contribution in [2.75, 3.05) is 13.2 Å². The molecule has 0 saturated heterocycles. The number of fused-ring (bicyclic) bond motifs is 3. The van der Waals surface area contributed by atoms with Crippen LogP contribution in [0.5, 0.6) is 0 Å². The predicted molar refractivity (Wildman–Crippen MR) is 115 cm³/mol. The molecule has 32 heavy (non-hydrogen) atoms. The SMILES string of the molecule is CC(C)(C)OC(=O)N[C@@H](CONC(=O)OCC1c2ccccc2-c2ccccc21)C(=O)O. The van der Waals surface area contributed by atoms with Gasteiger partial charge in [-0.25, -0.2) is 14.4 Å². The molecule has 9 heteroatoms. The average molecular weight is 442 g/mol. The number of hydrogen-bond acceptors (Lipinski definition) is 6. The van der Waals surface area contributed by atoms with Gasteiger partial charge in [0.05, 0.1) is 0 Å². The number of ether oxygens (including phenoxy) is 2. The lowest BCUT2D eigenvalue weighted by atomic mass is 9.98. The van der Waals surface area contributed by atoms with Gasteiger partial charge in [-0.3, -0.25) is 4.84 Å². The van der Waals surface area contributed by atoms with E-state index in [4.69, 9.17) is 14.3 Å². The number of alkyl carbamates (subject to hydrolysis) is 1. The molecule has 9 nitrogen and oxygen atoms in total. The van der Waals surface area contributed by atoms with Gasteiger partial charge >= 0.3 is 18.2 Å². The Bertz CT molecular complexity index is 954. The lowest BCUT2D eigenvalue weighted by molar-refractivity contribution is -0.142. The van der Waals surface area contributed by atoms with Crippen LogP contribution in [0.15, 0.2) is 48.5 Å². The Morgan fingerprint density at radius 2 is 1.53 bits per heavy atom. The maximum absolute atomic E-state index is 12.1. The molecule has 2 amide bonds. The first-order chi connectivity index (χ1) is 15.2. The summed E-state index contributed by atoms with van der Waals surface area (Å²) in [6.45, 7) is 4.52. The summed E-state index contributed by atoms with van der Waals surface area (Å²) in [6, 6.07) is 14.4. The molecule has 0 saturated carbocycles. The Morgan fingerprint density at radius 3 is 2.06 bits per heavy atom. The zero-order valence-corrected chi connectivity index (χ0v) is 18.1. The van der Waals surface area contributed by atoms with E-state index in [0.29, 0.717) is 0 Å². The Hall–Kier alpha value is -3.59. The van der Waals surface area contributed by atoms with Crippen molar-refractivity contribution < 1.29 is 33.8 Å².